The molecule has 2 amide bonds. The Bertz CT molecular complexity index is 1230. The van der Waals surface area contributed by atoms with Gasteiger partial charge >= 0.3 is 0 Å². The SMILES string of the molecule is C=CC(=O)Nc1cc(Nc2ncc(Cl)c(OC3CCN(C(C)=O)CC3)n2)c(OC)cc1N1CCC(N(C)C)CC1. The quantitative estimate of drug-likeness (QED) is 0.432. The highest BCUT2D eigenvalue weighted by Gasteiger charge is 2.26. The first-order chi connectivity index (χ1) is 19.2. The maximum Gasteiger partial charge on any atom is 0.247 e. The molecule has 0 unspecified atom stereocenters. The summed E-state index contributed by atoms with van der Waals surface area (Å²) in [7, 11) is 5.80. The van der Waals surface area contributed by atoms with Crippen molar-refractivity contribution in [1.82, 2.24) is 19.8 Å². The van der Waals surface area contributed by atoms with Crippen molar-refractivity contribution in [3.63, 3.8) is 0 Å². The molecule has 2 N–H and O–H groups in total. The Morgan fingerprint density at radius 1 is 1.12 bits per heavy atom. The molecule has 0 bridgehead atoms. The molecule has 2 saturated heterocycles. The van der Waals surface area contributed by atoms with Gasteiger partial charge in [0.2, 0.25) is 23.6 Å². The number of amides is 2. The van der Waals surface area contributed by atoms with Crippen molar-refractivity contribution in [3.05, 3.63) is 36.0 Å². The van der Waals surface area contributed by atoms with Crippen LogP contribution in [-0.4, -0.2) is 91.1 Å². The first kappa shape index (κ1) is 29.4. The number of rotatable bonds is 9. The van der Waals surface area contributed by atoms with Gasteiger partial charge in [-0.1, -0.05) is 18.2 Å². The summed E-state index contributed by atoms with van der Waals surface area (Å²) in [6.45, 7) is 8.12. The number of aromatic nitrogens is 2. The maximum absolute atomic E-state index is 12.3. The number of nitrogens with zero attached hydrogens (tertiary/aromatic N) is 5. The van der Waals surface area contributed by atoms with Gasteiger partial charge in [-0.25, -0.2) is 4.98 Å². The Kier molecular flexibility index (Phi) is 9.70. The van der Waals surface area contributed by atoms with Crippen LogP contribution in [0.1, 0.15) is 32.6 Å². The molecule has 216 valence electrons. The van der Waals surface area contributed by atoms with E-state index >= 15 is 0 Å². The number of carbonyl (C=O) groups excluding carboxylic acids is 2. The lowest BCUT2D eigenvalue weighted by Gasteiger charge is -2.37. The van der Waals surface area contributed by atoms with Crippen LogP contribution in [0.5, 0.6) is 11.6 Å². The molecule has 0 saturated carbocycles. The van der Waals surface area contributed by atoms with Crippen molar-refractivity contribution in [3.8, 4) is 11.6 Å². The largest absolute Gasteiger partial charge is 0.494 e. The van der Waals surface area contributed by atoms with Crippen molar-refractivity contribution in [1.29, 1.82) is 0 Å². The molecule has 1 aromatic heterocycles. The van der Waals surface area contributed by atoms with Gasteiger partial charge in [0.1, 0.15) is 16.9 Å². The summed E-state index contributed by atoms with van der Waals surface area (Å²) >= 11 is 6.36. The van der Waals surface area contributed by atoms with Crippen LogP contribution in [0.4, 0.5) is 23.0 Å². The summed E-state index contributed by atoms with van der Waals surface area (Å²) in [5, 5.41) is 6.42. The van der Waals surface area contributed by atoms with Crippen LogP contribution in [0.3, 0.4) is 0 Å². The number of likely N-dealkylation sites (tertiary alicyclic amines) is 1. The average molecular weight is 572 g/mol. The van der Waals surface area contributed by atoms with Crippen LogP contribution in [0.25, 0.3) is 0 Å². The number of piperidine rings is 2. The van der Waals surface area contributed by atoms with E-state index < -0.39 is 0 Å². The number of nitrogens with one attached hydrogen (secondary N) is 2. The minimum atomic E-state index is -0.310. The van der Waals surface area contributed by atoms with E-state index in [-0.39, 0.29) is 29.7 Å². The van der Waals surface area contributed by atoms with Crippen LogP contribution in [0.2, 0.25) is 5.02 Å². The molecule has 2 aromatic rings. The normalized spacial score (nSPS) is 16.6. The number of ether oxygens (including phenoxy) is 2. The van der Waals surface area contributed by atoms with E-state index in [1.54, 1.807) is 18.9 Å². The van der Waals surface area contributed by atoms with E-state index in [4.69, 9.17) is 21.1 Å². The zero-order chi connectivity index (χ0) is 28.8. The molecule has 1 aromatic carbocycles. The fourth-order valence-corrected chi connectivity index (χ4v) is 5.20. The molecule has 0 atom stereocenters. The van der Waals surface area contributed by atoms with Gasteiger partial charge in [-0.2, -0.15) is 4.98 Å². The number of benzene rings is 1. The second kappa shape index (κ2) is 13.2. The summed E-state index contributed by atoms with van der Waals surface area (Å²) in [5.41, 5.74) is 2.06. The van der Waals surface area contributed by atoms with E-state index in [2.05, 4.69) is 51.1 Å². The third-order valence-electron chi connectivity index (χ3n) is 7.42. The Hall–Kier alpha value is -3.57. The monoisotopic (exact) mass is 571 g/mol. The molecule has 3 heterocycles. The highest BCUT2D eigenvalue weighted by molar-refractivity contribution is 6.31. The summed E-state index contributed by atoms with van der Waals surface area (Å²) in [5.74, 6) is 0.847. The Labute approximate surface area is 240 Å². The first-order valence-electron chi connectivity index (χ1n) is 13.5. The molecule has 0 radical (unpaired) electrons. The number of methoxy groups -OCH3 is 1. The third-order valence-corrected chi connectivity index (χ3v) is 7.68. The molecular weight excluding hydrogens is 534 g/mol. The number of hydrogen-bond donors (Lipinski definition) is 2. The van der Waals surface area contributed by atoms with Gasteiger partial charge in [-0.05, 0) is 39.1 Å². The smallest absolute Gasteiger partial charge is 0.247 e. The fraction of sp³-hybridized carbons (Fsp3) is 0.500. The summed E-state index contributed by atoms with van der Waals surface area (Å²) < 4.78 is 11.8. The second-order valence-electron chi connectivity index (χ2n) is 10.2. The van der Waals surface area contributed by atoms with Gasteiger partial charge in [0.05, 0.1) is 30.4 Å². The predicted molar refractivity (Wildman–Crippen MR) is 157 cm³/mol. The number of halogens is 1. The molecule has 2 aliphatic heterocycles. The number of hydrogen-bond acceptors (Lipinski definition) is 9. The third kappa shape index (κ3) is 7.14. The zero-order valence-electron chi connectivity index (χ0n) is 23.6. The van der Waals surface area contributed by atoms with Gasteiger partial charge < -0.3 is 34.8 Å². The van der Waals surface area contributed by atoms with Crippen molar-refractivity contribution in [2.24, 2.45) is 0 Å². The summed E-state index contributed by atoms with van der Waals surface area (Å²) in [4.78, 5) is 39.1. The summed E-state index contributed by atoms with van der Waals surface area (Å²) in [6, 6.07) is 4.24. The highest BCUT2D eigenvalue weighted by Crippen LogP contribution is 2.39. The fourth-order valence-electron chi connectivity index (χ4n) is 5.07. The van der Waals surface area contributed by atoms with Crippen molar-refractivity contribution in [2.75, 3.05) is 62.9 Å². The van der Waals surface area contributed by atoms with E-state index in [1.807, 2.05) is 12.1 Å². The molecule has 12 heteroatoms. The topological polar surface area (TPSA) is 112 Å². The van der Waals surface area contributed by atoms with Crippen LogP contribution >= 0.6 is 11.6 Å². The van der Waals surface area contributed by atoms with Crippen LogP contribution in [0, 0.1) is 0 Å². The van der Waals surface area contributed by atoms with Crippen LogP contribution < -0.4 is 25.0 Å². The molecule has 2 fully saturated rings. The van der Waals surface area contributed by atoms with Gasteiger partial charge in [0.25, 0.3) is 0 Å². The lowest BCUT2D eigenvalue weighted by Crippen LogP contribution is -2.42. The van der Waals surface area contributed by atoms with E-state index in [0.29, 0.717) is 54.1 Å². The van der Waals surface area contributed by atoms with Crippen LogP contribution in [0.15, 0.2) is 31.0 Å². The molecule has 11 nitrogen and oxygen atoms in total. The number of carbonyl (C=O) groups is 2. The molecule has 0 spiro atoms. The van der Waals surface area contributed by atoms with Crippen molar-refractivity contribution < 1.29 is 19.1 Å². The minimum Gasteiger partial charge on any atom is -0.494 e. The Balaban J connectivity index is 1.56. The molecule has 0 aliphatic carbocycles. The predicted octanol–water partition coefficient (Wildman–Crippen LogP) is 3.93. The zero-order valence-corrected chi connectivity index (χ0v) is 24.3. The van der Waals surface area contributed by atoms with Crippen LogP contribution in [-0.2, 0) is 9.59 Å². The van der Waals surface area contributed by atoms with Gasteiger partial charge in [0.15, 0.2) is 0 Å². The molecule has 40 heavy (non-hydrogen) atoms. The van der Waals surface area contributed by atoms with Gasteiger partial charge in [-0.3, -0.25) is 9.59 Å². The minimum absolute atomic E-state index is 0.0617. The van der Waals surface area contributed by atoms with Gasteiger partial charge in [-0.15, -0.1) is 0 Å². The summed E-state index contributed by atoms with van der Waals surface area (Å²) in [6.07, 6.45) is 6.02. The van der Waals surface area contributed by atoms with E-state index in [1.165, 1.54) is 12.3 Å². The van der Waals surface area contributed by atoms with E-state index in [9.17, 15) is 9.59 Å². The molecule has 2 aliphatic rings. The van der Waals surface area contributed by atoms with Crippen molar-refractivity contribution >= 4 is 46.4 Å². The lowest BCUT2D eigenvalue weighted by molar-refractivity contribution is -0.130. The molecule has 4 rings (SSSR count). The Morgan fingerprint density at radius 2 is 1.82 bits per heavy atom. The highest BCUT2D eigenvalue weighted by atomic mass is 35.5. The first-order valence-corrected chi connectivity index (χ1v) is 13.8. The molecular formula is C28H38ClN7O4. The maximum atomic E-state index is 12.3. The standard InChI is InChI=1S/C28H38ClN7O4/c1-6-26(38)31-22-15-23(25(39-5)16-24(22)36-11-7-19(8-12-36)34(3)4)32-28-30-17-21(29)27(33-28)40-20-9-13-35(14-10-20)18(2)37/h6,15-17,19-20H,1,7-14H2,2-5H3,(H,31,38)(H,30,32,33). The Morgan fingerprint density at radius 3 is 2.42 bits per heavy atom. The van der Waals surface area contributed by atoms with Gasteiger partial charge in [0, 0.05) is 58.1 Å². The second-order valence-corrected chi connectivity index (χ2v) is 10.6. The van der Waals surface area contributed by atoms with E-state index in [0.717, 1.165) is 31.6 Å². The lowest BCUT2D eigenvalue weighted by atomic mass is 10.0. The average Bonchev–Trinajstić information content (AvgIpc) is 2.95. The van der Waals surface area contributed by atoms with Crippen molar-refractivity contribution in [2.45, 2.75) is 44.8 Å². The number of anilines is 4.